The molecule has 29 heavy (non-hydrogen) atoms. The molecule has 1 heterocycles. The molecule has 140 valence electrons. The van der Waals surface area contributed by atoms with E-state index in [1.54, 1.807) is 12.3 Å². The van der Waals surface area contributed by atoms with Crippen molar-refractivity contribution < 1.29 is 9.52 Å². The van der Waals surface area contributed by atoms with Gasteiger partial charge in [0.2, 0.25) is 5.89 Å². The fourth-order valence-electron chi connectivity index (χ4n) is 3.48. The molecule has 0 saturated carbocycles. The zero-order chi connectivity index (χ0) is 19.8. The number of aromatic nitrogens is 1. The van der Waals surface area contributed by atoms with Crippen LogP contribution in [0.1, 0.15) is 11.1 Å². The van der Waals surface area contributed by atoms with E-state index in [0.29, 0.717) is 17.0 Å². The predicted octanol–water partition coefficient (Wildman–Crippen LogP) is 6.41. The molecule has 0 radical (unpaired) electrons. The van der Waals surface area contributed by atoms with Crippen molar-refractivity contribution in [1.29, 1.82) is 0 Å². The van der Waals surface area contributed by atoms with Gasteiger partial charge in [0.25, 0.3) is 0 Å². The number of hydrogen-bond donors (Lipinski definition) is 1. The lowest BCUT2D eigenvalue weighted by Gasteiger charge is -2.04. The van der Waals surface area contributed by atoms with Gasteiger partial charge >= 0.3 is 0 Å². The SMILES string of the molecule is Cc1ccccc1-c1nc2ccc(N=Cc3c(O)ccc4ccccc34)cc2o1. The highest BCUT2D eigenvalue weighted by Gasteiger charge is 2.11. The number of rotatable bonds is 3. The molecule has 4 heteroatoms. The molecule has 0 aliphatic rings. The molecule has 5 rings (SSSR count). The van der Waals surface area contributed by atoms with E-state index in [1.807, 2.05) is 79.7 Å². The smallest absolute Gasteiger partial charge is 0.227 e. The molecule has 4 aromatic carbocycles. The van der Waals surface area contributed by atoms with Crippen LogP contribution in [0.5, 0.6) is 5.75 Å². The Labute approximate surface area is 167 Å². The number of oxazole rings is 1. The molecule has 0 fully saturated rings. The molecule has 0 saturated heterocycles. The van der Waals surface area contributed by atoms with Gasteiger partial charge in [0.1, 0.15) is 11.3 Å². The van der Waals surface area contributed by atoms with Gasteiger partial charge in [-0.3, -0.25) is 4.99 Å². The summed E-state index contributed by atoms with van der Waals surface area (Å²) in [4.78, 5) is 9.16. The van der Waals surface area contributed by atoms with Crippen molar-refractivity contribution in [3.05, 3.63) is 90.0 Å². The van der Waals surface area contributed by atoms with Gasteiger partial charge in [0, 0.05) is 23.4 Å². The summed E-state index contributed by atoms with van der Waals surface area (Å²) in [5.41, 5.74) is 4.99. The number of phenolic OH excluding ortho intramolecular Hbond substituents is 1. The highest BCUT2D eigenvalue weighted by molar-refractivity contribution is 6.03. The van der Waals surface area contributed by atoms with Crippen molar-refractivity contribution in [2.45, 2.75) is 6.92 Å². The number of aromatic hydroxyl groups is 1. The number of aliphatic imine (C=N–C) groups is 1. The van der Waals surface area contributed by atoms with Crippen LogP contribution in [0.3, 0.4) is 0 Å². The minimum atomic E-state index is 0.204. The summed E-state index contributed by atoms with van der Waals surface area (Å²) in [5, 5.41) is 12.3. The molecule has 1 aromatic heterocycles. The average Bonchev–Trinajstić information content (AvgIpc) is 3.16. The molecular weight excluding hydrogens is 360 g/mol. The van der Waals surface area contributed by atoms with Crippen molar-refractivity contribution in [3.63, 3.8) is 0 Å². The highest BCUT2D eigenvalue weighted by Crippen LogP contribution is 2.30. The van der Waals surface area contributed by atoms with Crippen LogP contribution in [0.15, 0.2) is 88.3 Å². The summed E-state index contributed by atoms with van der Waals surface area (Å²) in [5.74, 6) is 0.806. The average molecular weight is 378 g/mol. The van der Waals surface area contributed by atoms with Gasteiger partial charge in [-0.15, -0.1) is 0 Å². The number of phenols is 1. The highest BCUT2D eigenvalue weighted by atomic mass is 16.3. The first-order valence-electron chi connectivity index (χ1n) is 9.40. The zero-order valence-corrected chi connectivity index (χ0v) is 15.8. The molecule has 0 aliphatic heterocycles. The Hall–Kier alpha value is -3.92. The Morgan fingerprint density at radius 3 is 2.66 bits per heavy atom. The van der Waals surface area contributed by atoms with Crippen LogP contribution < -0.4 is 0 Å². The maximum absolute atomic E-state index is 10.3. The lowest BCUT2D eigenvalue weighted by molar-refractivity contribution is 0.475. The summed E-state index contributed by atoms with van der Waals surface area (Å²) >= 11 is 0. The van der Waals surface area contributed by atoms with Crippen LogP contribution in [0.4, 0.5) is 5.69 Å². The topological polar surface area (TPSA) is 58.6 Å². The maximum atomic E-state index is 10.3. The Morgan fingerprint density at radius 2 is 1.76 bits per heavy atom. The van der Waals surface area contributed by atoms with Gasteiger partial charge in [-0.05, 0) is 47.5 Å². The van der Waals surface area contributed by atoms with E-state index in [-0.39, 0.29) is 5.75 Å². The number of nitrogens with zero attached hydrogens (tertiary/aromatic N) is 2. The summed E-state index contributed by atoms with van der Waals surface area (Å²) in [7, 11) is 0. The van der Waals surface area contributed by atoms with Crippen molar-refractivity contribution in [2.75, 3.05) is 0 Å². The molecule has 0 unspecified atom stereocenters. The van der Waals surface area contributed by atoms with Gasteiger partial charge in [-0.2, -0.15) is 0 Å². The predicted molar refractivity (Wildman–Crippen MR) is 117 cm³/mol. The summed E-state index contributed by atoms with van der Waals surface area (Å²) in [6.07, 6.45) is 1.69. The second-order valence-corrected chi connectivity index (χ2v) is 6.96. The third-order valence-corrected chi connectivity index (χ3v) is 5.04. The first-order valence-corrected chi connectivity index (χ1v) is 9.40. The number of hydrogen-bond acceptors (Lipinski definition) is 4. The van der Waals surface area contributed by atoms with Gasteiger partial charge < -0.3 is 9.52 Å². The minimum absolute atomic E-state index is 0.204. The Bertz CT molecular complexity index is 1380. The van der Waals surface area contributed by atoms with Gasteiger partial charge in [-0.1, -0.05) is 48.5 Å². The molecule has 1 N–H and O–H groups in total. The van der Waals surface area contributed by atoms with E-state index in [1.165, 1.54) is 0 Å². The fraction of sp³-hybridized carbons (Fsp3) is 0.0400. The number of fused-ring (bicyclic) bond motifs is 2. The van der Waals surface area contributed by atoms with E-state index in [2.05, 4.69) is 9.98 Å². The van der Waals surface area contributed by atoms with E-state index < -0.39 is 0 Å². The second kappa shape index (κ2) is 6.91. The summed E-state index contributed by atoms with van der Waals surface area (Å²) in [6, 6.07) is 25.2. The van der Waals surface area contributed by atoms with Crippen LogP contribution in [-0.2, 0) is 0 Å². The molecule has 0 bridgehead atoms. The van der Waals surface area contributed by atoms with Crippen LogP contribution in [0, 0.1) is 6.92 Å². The quantitative estimate of drug-likeness (QED) is 0.369. The van der Waals surface area contributed by atoms with Crippen LogP contribution in [0.25, 0.3) is 33.3 Å². The van der Waals surface area contributed by atoms with Gasteiger partial charge in [-0.25, -0.2) is 4.98 Å². The number of benzene rings is 4. The van der Waals surface area contributed by atoms with Gasteiger partial charge in [0.15, 0.2) is 5.58 Å². The molecule has 4 nitrogen and oxygen atoms in total. The number of aryl methyl sites for hydroxylation is 1. The van der Waals surface area contributed by atoms with E-state index >= 15 is 0 Å². The van der Waals surface area contributed by atoms with Crippen LogP contribution in [0.2, 0.25) is 0 Å². The molecule has 0 amide bonds. The third kappa shape index (κ3) is 3.15. The standard InChI is InChI=1S/C25H18N2O2/c1-16-6-2-4-8-19(16)25-27-22-12-11-18(14-24(22)29-25)26-15-21-20-9-5-3-7-17(20)10-13-23(21)28/h2-15,28H,1H3. The normalized spacial score (nSPS) is 11.6. The largest absolute Gasteiger partial charge is 0.507 e. The first kappa shape index (κ1) is 17.2. The van der Waals surface area contributed by atoms with E-state index in [4.69, 9.17) is 4.42 Å². The second-order valence-electron chi connectivity index (χ2n) is 6.96. The Kier molecular flexibility index (Phi) is 4.10. The van der Waals surface area contributed by atoms with Gasteiger partial charge in [0.05, 0.1) is 5.69 Å². The maximum Gasteiger partial charge on any atom is 0.227 e. The lowest BCUT2D eigenvalue weighted by Crippen LogP contribution is -1.85. The van der Waals surface area contributed by atoms with E-state index in [9.17, 15) is 5.11 Å². The molecule has 0 aliphatic carbocycles. The fourth-order valence-corrected chi connectivity index (χ4v) is 3.48. The van der Waals surface area contributed by atoms with Crippen molar-refractivity contribution in [2.24, 2.45) is 4.99 Å². The first-order chi connectivity index (χ1) is 14.2. The molecule has 0 spiro atoms. The van der Waals surface area contributed by atoms with E-state index in [0.717, 1.165) is 33.1 Å². The summed E-state index contributed by atoms with van der Waals surface area (Å²) < 4.78 is 5.99. The van der Waals surface area contributed by atoms with Crippen LogP contribution >= 0.6 is 0 Å². The monoisotopic (exact) mass is 378 g/mol. The van der Waals surface area contributed by atoms with Crippen molar-refractivity contribution >= 4 is 33.8 Å². The third-order valence-electron chi connectivity index (χ3n) is 5.04. The molecule has 5 aromatic rings. The summed E-state index contributed by atoms with van der Waals surface area (Å²) in [6.45, 7) is 2.04. The van der Waals surface area contributed by atoms with Crippen LogP contribution in [-0.4, -0.2) is 16.3 Å². The minimum Gasteiger partial charge on any atom is -0.507 e. The van der Waals surface area contributed by atoms with Crippen molar-refractivity contribution in [1.82, 2.24) is 4.98 Å². The lowest BCUT2D eigenvalue weighted by atomic mass is 10.0. The zero-order valence-electron chi connectivity index (χ0n) is 15.8. The Morgan fingerprint density at radius 1 is 0.931 bits per heavy atom. The van der Waals surface area contributed by atoms with Crippen molar-refractivity contribution in [3.8, 4) is 17.2 Å². The molecule has 0 atom stereocenters. The molecular formula is C25H18N2O2. The Balaban J connectivity index is 1.54.